The number of fused-ring (bicyclic) bond motifs is 1. The number of carbonyl (C=O) groups excluding carboxylic acids is 1. The number of halogens is 5. The van der Waals surface area contributed by atoms with Crippen molar-refractivity contribution in [2.75, 3.05) is 10.6 Å². The van der Waals surface area contributed by atoms with Crippen molar-refractivity contribution < 1.29 is 36.6 Å². The van der Waals surface area contributed by atoms with Gasteiger partial charge < -0.3 is 20.1 Å². The molecule has 0 radical (unpaired) electrons. The van der Waals surface area contributed by atoms with E-state index in [1.165, 1.54) is 36.5 Å². The molecule has 34 heavy (non-hydrogen) atoms. The Morgan fingerprint density at radius 2 is 1.82 bits per heavy atom. The van der Waals surface area contributed by atoms with E-state index in [1.54, 1.807) is 0 Å². The normalized spacial score (nSPS) is 15.3. The van der Waals surface area contributed by atoms with E-state index in [1.807, 2.05) is 6.07 Å². The first-order chi connectivity index (χ1) is 16.0. The average molecular weight is 495 g/mol. The van der Waals surface area contributed by atoms with E-state index < -0.39 is 29.7 Å². The lowest BCUT2D eigenvalue weighted by Crippen LogP contribution is -2.41. The third-order valence-electron chi connectivity index (χ3n) is 4.30. The molecule has 3 aromatic rings. The Labute approximate surface area is 193 Å². The van der Waals surface area contributed by atoms with Gasteiger partial charge >= 0.3 is 18.4 Å². The molecule has 2 N–H and O–H groups in total. The summed E-state index contributed by atoms with van der Waals surface area (Å²) in [6.07, 6.45) is -7.44. The Bertz CT molecular complexity index is 1320. The lowest BCUT2D eigenvalue weighted by Gasteiger charge is -2.30. The zero-order chi connectivity index (χ0) is 24.5. The van der Waals surface area contributed by atoms with Gasteiger partial charge in [0.1, 0.15) is 29.0 Å². The van der Waals surface area contributed by atoms with Crippen LogP contribution in [0.5, 0.6) is 17.2 Å². The van der Waals surface area contributed by atoms with Crippen molar-refractivity contribution in [2.45, 2.75) is 12.4 Å². The topological polar surface area (TPSA) is 106 Å². The second-order valence-corrected chi connectivity index (χ2v) is 7.11. The van der Waals surface area contributed by atoms with Crippen LogP contribution in [0.3, 0.4) is 0 Å². The maximum atomic E-state index is 13.9. The Morgan fingerprint density at radius 3 is 2.56 bits per heavy atom. The quantitative estimate of drug-likeness (QED) is 0.428. The average Bonchev–Trinajstić information content (AvgIpc) is 2.75. The third-order valence-corrected chi connectivity index (χ3v) is 4.61. The van der Waals surface area contributed by atoms with Crippen LogP contribution in [0.15, 0.2) is 54.7 Å². The number of hydrogen-bond donors (Lipinski definition) is 2. The minimum Gasteiger partial charge on any atom is -0.457 e. The molecule has 2 amide bonds. The third kappa shape index (κ3) is 5.11. The number of benzene rings is 2. The van der Waals surface area contributed by atoms with E-state index in [0.717, 1.165) is 18.2 Å². The summed E-state index contributed by atoms with van der Waals surface area (Å²) in [5.74, 6) is -0.141. The van der Waals surface area contributed by atoms with Crippen LogP contribution in [0.1, 0.15) is 11.3 Å². The molecule has 0 fully saturated rings. The summed E-state index contributed by atoms with van der Waals surface area (Å²) < 4.78 is 67.0. The summed E-state index contributed by atoms with van der Waals surface area (Å²) in [5.41, 5.74) is -0.805. The van der Waals surface area contributed by atoms with Gasteiger partial charge in [0.2, 0.25) is 0 Å². The number of nitrogens with one attached hydrogen (secondary N) is 2. The number of aromatic nitrogens is 1. The fourth-order valence-corrected chi connectivity index (χ4v) is 3.11. The van der Waals surface area contributed by atoms with E-state index >= 15 is 0 Å². The number of amides is 2. The minimum absolute atomic E-state index is 0.0863. The fourth-order valence-electron chi connectivity index (χ4n) is 2.89. The number of anilines is 2. The highest BCUT2D eigenvalue weighted by Gasteiger charge is 2.54. The SMILES string of the molecule is N#Cc1cc(Oc2ccc(NC(=O)Nc3ccc4c(c3)C(F)(F)OC(F)(F)O4)c(Cl)c2)ccn1. The van der Waals surface area contributed by atoms with Gasteiger partial charge in [-0.05, 0) is 36.4 Å². The van der Waals surface area contributed by atoms with Gasteiger partial charge in [0.15, 0.2) is 0 Å². The molecular formula is C21H11ClF4N4O4. The van der Waals surface area contributed by atoms with E-state index in [0.29, 0.717) is 11.5 Å². The van der Waals surface area contributed by atoms with E-state index in [-0.39, 0.29) is 22.1 Å². The molecule has 2 aromatic carbocycles. The molecule has 2 heterocycles. The summed E-state index contributed by atoms with van der Waals surface area (Å²) >= 11 is 6.17. The van der Waals surface area contributed by atoms with Crippen LogP contribution >= 0.6 is 11.6 Å². The Morgan fingerprint density at radius 1 is 1.06 bits per heavy atom. The Kier molecular flexibility index (Phi) is 5.90. The Hall–Kier alpha value is -4.08. The van der Waals surface area contributed by atoms with Gasteiger partial charge in [-0.1, -0.05) is 11.6 Å². The maximum Gasteiger partial charge on any atom is 0.540 e. The van der Waals surface area contributed by atoms with Gasteiger partial charge in [-0.15, -0.1) is 8.78 Å². The first-order valence-corrected chi connectivity index (χ1v) is 9.63. The zero-order valence-corrected chi connectivity index (χ0v) is 17.4. The first-order valence-electron chi connectivity index (χ1n) is 9.25. The van der Waals surface area contributed by atoms with Gasteiger partial charge in [0.25, 0.3) is 0 Å². The Balaban J connectivity index is 1.44. The molecule has 174 valence electrons. The van der Waals surface area contributed by atoms with Crippen molar-refractivity contribution in [3.8, 4) is 23.3 Å². The maximum absolute atomic E-state index is 13.9. The first kappa shape index (κ1) is 23.1. The lowest BCUT2D eigenvalue weighted by molar-refractivity contribution is -0.461. The molecule has 0 saturated heterocycles. The number of ether oxygens (including phenoxy) is 3. The predicted molar refractivity (Wildman–Crippen MR) is 110 cm³/mol. The molecule has 0 atom stereocenters. The van der Waals surface area contributed by atoms with Gasteiger partial charge in [0.05, 0.1) is 16.3 Å². The van der Waals surface area contributed by atoms with Crippen molar-refractivity contribution in [1.29, 1.82) is 5.26 Å². The number of carbonyl (C=O) groups is 1. The number of pyridine rings is 1. The van der Waals surface area contributed by atoms with Crippen LogP contribution in [0.2, 0.25) is 5.02 Å². The molecule has 0 aliphatic carbocycles. The molecule has 0 saturated carbocycles. The molecule has 0 unspecified atom stereocenters. The molecule has 1 aliphatic heterocycles. The van der Waals surface area contributed by atoms with Crippen molar-refractivity contribution >= 4 is 29.0 Å². The largest absolute Gasteiger partial charge is 0.540 e. The number of alkyl halides is 4. The predicted octanol–water partition coefficient (Wildman–Crippen LogP) is 6.05. The monoisotopic (exact) mass is 494 g/mol. The number of nitriles is 1. The second-order valence-electron chi connectivity index (χ2n) is 6.71. The second kappa shape index (κ2) is 8.69. The zero-order valence-electron chi connectivity index (χ0n) is 16.6. The highest BCUT2D eigenvalue weighted by molar-refractivity contribution is 6.34. The van der Waals surface area contributed by atoms with Crippen molar-refractivity contribution in [2.24, 2.45) is 0 Å². The van der Waals surface area contributed by atoms with Crippen LogP contribution in [-0.4, -0.2) is 17.3 Å². The van der Waals surface area contributed by atoms with Gasteiger partial charge in [-0.2, -0.15) is 14.0 Å². The molecule has 0 spiro atoms. The molecule has 4 rings (SSSR count). The summed E-state index contributed by atoms with van der Waals surface area (Å²) in [4.78, 5) is 16.1. The van der Waals surface area contributed by atoms with Crippen LogP contribution in [0, 0.1) is 11.3 Å². The standard InChI is InChI=1S/C21H11ClF4N4O4/c22-16-9-13(32-14-5-6-28-12(7-14)10-27)2-3-17(16)30-19(31)29-11-1-4-18-15(8-11)20(23,24)34-21(25,26)33-18/h1-9H,(H2,29,30,31). The molecular weight excluding hydrogens is 484 g/mol. The van der Waals surface area contributed by atoms with E-state index in [2.05, 4.69) is 25.1 Å². The van der Waals surface area contributed by atoms with Crippen LogP contribution in [-0.2, 0) is 10.8 Å². The minimum atomic E-state index is -4.50. The van der Waals surface area contributed by atoms with E-state index in [4.69, 9.17) is 21.6 Å². The van der Waals surface area contributed by atoms with Gasteiger partial charge in [-0.25, -0.2) is 14.5 Å². The summed E-state index contributed by atoms with van der Waals surface area (Å²) in [6.45, 7) is 0. The van der Waals surface area contributed by atoms with Crippen LogP contribution in [0.4, 0.5) is 33.7 Å². The van der Waals surface area contributed by atoms with Crippen LogP contribution < -0.4 is 20.1 Å². The number of nitrogens with zero attached hydrogens (tertiary/aromatic N) is 2. The highest BCUT2D eigenvalue weighted by Crippen LogP contribution is 2.46. The number of hydrogen-bond acceptors (Lipinski definition) is 6. The number of rotatable bonds is 4. The van der Waals surface area contributed by atoms with Crippen molar-refractivity contribution in [3.05, 3.63) is 71.0 Å². The highest BCUT2D eigenvalue weighted by atomic mass is 35.5. The molecule has 1 aliphatic rings. The summed E-state index contributed by atoms with van der Waals surface area (Å²) in [6, 6.07) is 11.0. The van der Waals surface area contributed by atoms with E-state index in [9.17, 15) is 22.4 Å². The summed E-state index contributed by atoms with van der Waals surface area (Å²) in [7, 11) is 0. The fraction of sp³-hybridized carbons (Fsp3) is 0.0952. The van der Waals surface area contributed by atoms with Crippen molar-refractivity contribution in [3.63, 3.8) is 0 Å². The molecule has 8 nitrogen and oxygen atoms in total. The number of urea groups is 1. The molecule has 0 bridgehead atoms. The lowest BCUT2D eigenvalue weighted by atomic mass is 10.1. The summed E-state index contributed by atoms with van der Waals surface area (Å²) in [5, 5.41) is 13.7. The smallest absolute Gasteiger partial charge is 0.457 e. The van der Waals surface area contributed by atoms with Gasteiger partial charge in [0, 0.05) is 24.0 Å². The van der Waals surface area contributed by atoms with Crippen LogP contribution in [0.25, 0.3) is 0 Å². The molecule has 1 aromatic heterocycles. The van der Waals surface area contributed by atoms with Crippen molar-refractivity contribution in [1.82, 2.24) is 4.98 Å². The van der Waals surface area contributed by atoms with Gasteiger partial charge in [-0.3, -0.25) is 0 Å². The molecule has 13 heteroatoms.